The molecule has 0 radical (unpaired) electrons. The second-order valence-corrected chi connectivity index (χ2v) is 4.85. The van der Waals surface area contributed by atoms with Crippen LogP contribution in [-0.2, 0) is 0 Å². The summed E-state index contributed by atoms with van der Waals surface area (Å²) in [6, 6.07) is 12.1. The van der Waals surface area contributed by atoms with Gasteiger partial charge in [0, 0.05) is 22.9 Å². The predicted octanol–water partition coefficient (Wildman–Crippen LogP) is 4.17. The average molecular weight is 318 g/mol. The van der Waals surface area contributed by atoms with Gasteiger partial charge in [-0.15, -0.1) is 0 Å². The molecule has 2 aromatic rings. The van der Waals surface area contributed by atoms with E-state index in [1.54, 1.807) is 62.9 Å². The Morgan fingerprint density at radius 1 is 1.09 bits per heavy atom. The van der Waals surface area contributed by atoms with Crippen LogP contribution < -0.4 is 14.8 Å². The molecular formula is C17H16ClNO3. The molecule has 0 amide bonds. The van der Waals surface area contributed by atoms with Crippen LogP contribution in [0.2, 0.25) is 5.02 Å². The molecule has 0 saturated heterocycles. The number of nitrogens with one attached hydrogen (secondary N) is 1. The number of allylic oxidation sites excluding steroid dienone is 1. The van der Waals surface area contributed by atoms with Gasteiger partial charge in [-0.25, -0.2) is 0 Å². The molecule has 0 atom stereocenters. The first-order valence-corrected chi connectivity index (χ1v) is 6.97. The number of halogens is 1. The van der Waals surface area contributed by atoms with Gasteiger partial charge in [-0.2, -0.15) is 0 Å². The van der Waals surface area contributed by atoms with Crippen LogP contribution in [0.5, 0.6) is 11.5 Å². The lowest BCUT2D eigenvalue weighted by Crippen LogP contribution is -1.97. The highest BCUT2D eigenvalue weighted by Crippen LogP contribution is 2.27. The van der Waals surface area contributed by atoms with Gasteiger partial charge in [0.05, 0.1) is 19.9 Å². The number of carbonyl (C=O) groups is 1. The van der Waals surface area contributed by atoms with Gasteiger partial charge in [-0.1, -0.05) is 11.6 Å². The number of hydrogen-bond donors (Lipinski definition) is 1. The molecule has 4 nitrogen and oxygen atoms in total. The van der Waals surface area contributed by atoms with Gasteiger partial charge in [-0.05, 0) is 42.5 Å². The zero-order valence-electron chi connectivity index (χ0n) is 12.3. The number of rotatable bonds is 6. The van der Waals surface area contributed by atoms with Crippen LogP contribution in [0.1, 0.15) is 10.4 Å². The van der Waals surface area contributed by atoms with Gasteiger partial charge in [-0.3, -0.25) is 4.79 Å². The minimum absolute atomic E-state index is 0.115. The van der Waals surface area contributed by atoms with Gasteiger partial charge >= 0.3 is 0 Å². The fourth-order valence-corrected chi connectivity index (χ4v) is 2.02. The van der Waals surface area contributed by atoms with Crippen LogP contribution in [0.4, 0.5) is 5.69 Å². The Morgan fingerprint density at radius 3 is 2.45 bits per heavy atom. The first-order valence-electron chi connectivity index (χ1n) is 6.59. The van der Waals surface area contributed by atoms with Crippen LogP contribution >= 0.6 is 11.6 Å². The third kappa shape index (κ3) is 4.02. The summed E-state index contributed by atoms with van der Waals surface area (Å²) in [5, 5.41) is 3.57. The predicted molar refractivity (Wildman–Crippen MR) is 88.1 cm³/mol. The molecule has 0 aromatic heterocycles. The van der Waals surface area contributed by atoms with E-state index in [-0.39, 0.29) is 5.78 Å². The van der Waals surface area contributed by atoms with Crippen molar-refractivity contribution in [3.63, 3.8) is 0 Å². The summed E-state index contributed by atoms with van der Waals surface area (Å²) in [7, 11) is 3.15. The van der Waals surface area contributed by atoms with Crippen LogP contribution in [0, 0.1) is 0 Å². The lowest BCUT2D eigenvalue weighted by atomic mass is 10.1. The van der Waals surface area contributed by atoms with Crippen molar-refractivity contribution in [3.8, 4) is 11.5 Å². The van der Waals surface area contributed by atoms with E-state index in [0.29, 0.717) is 27.8 Å². The first kappa shape index (κ1) is 15.9. The normalized spacial score (nSPS) is 10.5. The Bertz CT molecular complexity index is 681. The van der Waals surface area contributed by atoms with E-state index in [1.807, 2.05) is 0 Å². The monoisotopic (exact) mass is 317 g/mol. The molecule has 2 rings (SSSR count). The van der Waals surface area contributed by atoms with E-state index in [4.69, 9.17) is 21.1 Å². The Morgan fingerprint density at radius 2 is 1.82 bits per heavy atom. The molecule has 0 spiro atoms. The third-order valence-corrected chi connectivity index (χ3v) is 3.24. The summed E-state index contributed by atoms with van der Waals surface area (Å²) in [4.78, 5) is 12.0. The van der Waals surface area contributed by atoms with Crippen molar-refractivity contribution in [1.82, 2.24) is 0 Å². The maximum Gasteiger partial charge on any atom is 0.187 e. The van der Waals surface area contributed by atoms with Crippen LogP contribution in [0.25, 0.3) is 0 Å². The third-order valence-electron chi connectivity index (χ3n) is 3.01. The maximum atomic E-state index is 12.0. The standard InChI is InChI=1S/C17H16ClNO3/c1-21-14-6-3-12(4-7-14)16(20)9-10-19-15-11-13(18)5-8-17(15)22-2/h3-11,19H,1-2H3/b10-9+. The van der Waals surface area contributed by atoms with Crippen LogP contribution in [-0.4, -0.2) is 20.0 Å². The lowest BCUT2D eigenvalue weighted by molar-refractivity contribution is 0.104. The molecule has 0 fully saturated rings. The maximum absolute atomic E-state index is 12.0. The van der Waals surface area contributed by atoms with Crippen molar-refractivity contribution in [1.29, 1.82) is 0 Å². The van der Waals surface area contributed by atoms with E-state index in [0.717, 1.165) is 0 Å². The molecule has 2 aromatic carbocycles. The molecule has 22 heavy (non-hydrogen) atoms. The molecule has 0 aliphatic carbocycles. The van der Waals surface area contributed by atoms with E-state index in [9.17, 15) is 4.79 Å². The number of methoxy groups -OCH3 is 2. The molecule has 0 saturated carbocycles. The molecule has 0 bridgehead atoms. The summed E-state index contributed by atoms with van der Waals surface area (Å²) in [5.74, 6) is 1.24. The number of carbonyl (C=O) groups excluding carboxylic acids is 1. The number of hydrogen-bond acceptors (Lipinski definition) is 4. The van der Waals surface area contributed by atoms with Crippen molar-refractivity contribution < 1.29 is 14.3 Å². The van der Waals surface area contributed by atoms with Crippen molar-refractivity contribution in [2.45, 2.75) is 0 Å². The second-order valence-electron chi connectivity index (χ2n) is 4.42. The topological polar surface area (TPSA) is 47.6 Å². The molecular weight excluding hydrogens is 302 g/mol. The molecule has 0 heterocycles. The smallest absolute Gasteiger partial charge is 0.187 e. The number of benzene rings is 2. The Kier molecular flexibility index (Phi) is 5.44. The number of ether oxygens (including phenoxy) is 2. The highest BCUT2D eigenvalue weighted by molar-refractivity contribution is 6.30. The summed E-state index contributed by atoms with van der Waals surface area (Å²) >= 11 is 5.94. The average Bonchev–Trinajstić information content (AvgIpc) is 2.55. The second kappa shape index (κ2) is 7.52. The molecule has 5 heteroatoms. The molecule has 0 aliphatic heterocycles. The van der Waals surface area contributed by atoms with Gasteiger partial charge < -0.3 is 14.8 Å². The quantitative estimate of drug-likeness (QED) is 0.642. The minimum Gasteiger partial charge on any atom is -0.497 e. The highest BCUT2D eigenvalue weighted by Gasteiger charge is 2.04. The summed E-state index contributed by atoms with van der Waals surface area (Å²) in [5.41, 5.74) is 1.27. The van der Waals surface area contributed by atoms with Gasteiger partial charge in [0.2, 0.25) is 0 Å². The SMILES string of the molecule is COc1ccc(C(=O)/C=C/Nc2cc(Cl)ccc2OC)cc1. The number of ketones is 1. The van der Waals surface area contributed by atoms with E-state index >= 15 is 0 Å². The zero-order chi connectivity index (χ0) is 15.9. The Labute approximate surface area is 134 Å². The molecule has 0 unspecified atom stereocenters. The lowest BCUT2D eigenvalue weighted by Gasteiger charge is -2.08. The van der Waals surface area contributed by atoms with Gasteiger partial charge in [0.1, 0.15) is 11.5 Å². The highest BCUT2D eigenvalue weighted by atomic mass is 35.5. The summed E-state index contributed by atoms with van der Waals surface area (Å²) in [6.07, 6.45) is 3.00. The molecule has 114 valence electrons. The van der Waals surface area contributed by atoms with Gasteiger partial charge in [0.25, 0.3) is 0 Å². The van der Waals surface area contributed by atoms with Crippen molar-refractivity contribution >= 4 is 23.1 Å². The largest absolute Gasteiger partial charge is 0.497 e. The fourth-order valence-electron chi connectivity index (χ4n) is 1.85. The van der Waals surface area contributed by atoms with Crippen LogP contribution in [0.3, 0.4) is 0 Å². The molecule has 0 aliphatic rings. The molecule has 1 N–H and O–H groups in total. The summed E-state index contributed by atoms with van der Waals surface area (Å²) in [6.45, 7) is 0. The minimum atomic E-state index is -0.115. The van der Waals surface area contributed by atoms with E-state index in [2.05, 4.69) is 5.32 Å². The first-order chi connectivity index (χ1) is 10.6. The zero-order valence-corrected chi connectivity index (χ0v) is 13.1. The van der Waals surface area contributed by atoms with Crippen LogP contribution in [0.15, 0.2) is 54.7 Å². The van der Waals surface area contributed by atoms with E-state index < -0.39 is 0 Å². The fraction of sp³-hybridized carbons (Fsp3) is 0.118. The Balaban J connectivity index is 2.05. The Hall–Kier alpha value is -2.46. The van der Waals surface area contributed by atoms with Crippen molar-refractivity contribution in [2.75, 3.05) is 19.5 Å². The van der Waals surface area contributed by atoms with Crippen molar-refractivity contribution in [3.05, 3.63) is 65.3 Å². The number of anilines is 1. The van der Waals surface area contributed by atoms with E-state index in [1.165, 1.54) is 6.08 Å². The van der Waals surface area contributed by atoms with Gasteiger partial charge in [0.15, 0.2) is 5.78 Å². The van der Waals surface area contributed by atoms with Crippen molar-refractivity contribution in [2.24, 2.45) is 0 Å². The summed E-state index contributed by atoms with van der Waals surface area (Å²) < 4.78 is 10.3.